The summed E-state index contributed by atoms with van der Waals surface area (Å²) in [5.41, 5.74) is 2.64. The minimum atomic E-state index is -0.187. The normalized spacial score (nSPS) is 11.0. The molecule has 0 aliphatic carbocycles. The van der Waals surface area contributed by atoms with Crippen molar-refractivity contribution >= 4 is 51.8 Å². The van der Waals surface area contributed by atoms with Gasteiger partial charge in [0.2, 0.25) is 5.89 Å². The van der Waals surface area contributed by atoms with Crippen molar-refractivity contribution in [2.45, 2.75) is 13.1 Å². The first-order valence-corrected chi connectivity index (χ1v) is 9.95. The molecule has 29 heavy (non-hydrogen) atoms. The van der Waals surface area contributed by atoms with E-state index in [2.05, 4.69) is 4.98 Å². The summed E-state index contributed by atoms with van der Waals surface area (Å²) in [7, 11) is 0. The van der Waals surface area contributed by atoms with Crippen LogP contribution in [0.15, 0.2) is 71.1 Å². The fourth-order valence-corrected chi connectivity index (χ4v) is 3.61. The predicted molar refractivity (Wildman–Crippen MR) is 116 cm³/mol. The molecular weight excluding hydrogens is 431 g/mol. The van der Waals surface area contributed by atoms with Crippen LogP contribution >= 0.6 is 34.8 Å². The Morgan fingerprint density at radius 1 is 0.862 bits per heavy atom. The van der Waals surface area contributed by atoms with E-state index in [1.54, 1.807) is 53.4 Å². The molecule has 3 aromatic carbocycles. The van der Waals surface area contributed by atoms with E-state index in [4.69, 9.17) is 39.2 Å². The molecule has 7 heteroatoms. The lowest BCUT2D eigenvalue weighted by Crippen LogP contribution is -2.30. The molecule has 0 N–H and O–H groups in total. The van der Waals surface area contributed by atoms with Gasteiger partial charge in [0.15, 0.2) is 5.58 Å². The Kier molecular flexibility index (Phi) is 5.76. The van der Waals surface area contributed by atoms with Crippen molar-refractivity contribution in [3.8, 4) is 0 Å². The predicted octanol–water partition coefficient (Wildman–Crippen LogP) is 6.63. The van der Waals surface area contributed by atoms with Crippen LogP contribution in [0, 0.1) is 0 Å². The number of halogens is 3. The Labute approximate surface area is 182 Å². The number of hydrogen-bond acceptors (Lipinski definition) is 3. The largest absolute Gasteiger partial charge is 0.439 e. The van der Waals surface area contributed by atoms with Crippen molar-refractivity contribution in [3.63, 3.8) is 0 Å². The monoisotopic (exact) mass is 444 g/mol. The van der Waals surface area contributed by atoms with Crippen LogP contribution in [-0.2, 0) is 13.1 Å². The lowest BCUT2D eigenvalue weighted by molar-refractivity contribution is 0.0715. The maximum atomic E-state index is 13.2. The molecule has 1 heterocycles. The summed E-state index contributed by atoms with van der Waals surface area (Å²) < 4.78 is 5.81. The van der Waals surface area contributed by atoms with Gasteiger partial charge in [0.05, 0.1) is 6.54 Å². The van der Waals surface area contributed by atoms with Gasteiger partial charge < -0.3 is 9.32 Å². The molecule has 1 amide bonds. The maximum absolute atomic E-state index is 13.2. The summed E-state index contributed by atoms with van der Waals surface area (Å²) in [4.78, 5) is 19.3. The molecule has 146 valence electrons. The fraction of sp³-hybridized carbons (Fsp3) is 0.0909. The number of aromatic nitrogens is 1. The van der Waals surface area contributed by atoms with Crippen molar-refractivity contribution in [2.75, 3.05) is 0 Å². The Bertz CT molecular complexity index is 1190. The third-order valence-electron chi connectivity index (χ3n) is 4.34. The molecule has 0 spiro atoms. The first-order chi connectivity index (χ1) is 14.0. The minimum absolute atomic E-state index is 0.185. The molecule has 1 aromatic heterocycles. The van der Waals surface area contributed by atoms with E-state index >= 15 is 0 Å². The maximum Gasteiger partial charge on any atom is 0.254 e. The highest BCUT2D eigenvalue weighted by Gasteiger charge is 2.20. The molecule has 4 aromatic rings. The third kappa shape index (κ3) is 4.73. The quantitative estimate of drug-likeness (QED) is 0.346. The molecule has 4 rings (SSSR count). The summed E-state index contributed by atoms with van der Waals surface area (Å²) in [5, 5.41) is 1.67. The van der Waals surface area contributed by atoms with Gasteiger partial charge in [-0.2, -0.15) is 0 Å². The average Bonchev–Trinajstić information content (AvgIpc) is 3.08. The molecule has 0 unspecified atom stereocenters. The molecule has 4 nitrogen and oxygen atoms in total. The van der Waals surface area contributed by atoms with Gasteiger partial charge in [0.1, 0.15) is 5.52 Å². The van der Waals surface area contributed by atoms with E-state index in [-0.39, 0.29) is 12.5 Å². The summed E-state index contributed by atoms with van der Waals surface area (Å²) in [6.45, 7) is 0.523. The number of rotatable bonds is 5. The molecule has 0 radical (unpaired) electrons. The Morgan fingerprint density at radius 2 is 1.59 bits per heavy atom. The zero-order valence-electron chi connectivity index (χ0n) is 15.1. The van der Waals surface area contributed by atoms with Gasteiger partial charge >= 0.3 is 0 Å². The third-order valence-corrected chi connectivity index (χ3v) is 5.05. The van der Waals surface area contributed by atoms with E-state index in [9.17, 15) is 4.79 Å². The lowest BCUT2D eigenvalue weighted by atomic mass is 10.1. The van der Waals surface area contributed by atoms with Crippen LogP contribution in [0.25, 0.3) is 11.1 Å². The second-order valence-electron chi connectivity index (χ2n) is 6.52. The molecule has 0 aliphatic rings. The van der Waals surface area contributed by atoms with Crippen LogP contribution in [0.1, 0.15) is 21.8 Å². The highest BCUT2D eigenvalue weighted by atomic mass is 35.5. The standard InChI is InChI=1S/C22H15Cl3N2O2/c23-16-5-1-3-14(9-16)12-27(22(28)15-4-2-6-17(24)10-15)13-21-26-19-11-18(25)7-8-20(19)29-21/h1-11H,12-13H2. The second kappa shape index (κ2) is 8.46. The number of benzene rings is 3. The molecule has 0 saturated heterocycles. The number of oxazole rings is 1. The number of carbonyl (C=O) groups is 1. The first kappa shape index (κ1) is 19.8. The number of nitrogens with zero attached hydrogens (tertiary/aromatic N) is 2. The second-order valence-corrected chi connectivity index (χ2v) is 7.83. The fourth-order valence-electron chi connectivity index (χ4n) is 3.04. The Balaban J connectivity index is 1.67. The van der Waals surface area contributed by atoms with Crippen molar-refractivity contribution in [1.29, 1.82) is 0 Å². The molecular formula is C22H15Cl3N2O2. The molecule has 0 aliphatic heterocycles. The van der Waals surface area contributed by atoms with Crippen molar-refractivity contribution in [3.05, 3.63) is 98.8 Å². The number of fused-ring (bicyclic) bond motifs is 1. The highest BCUT2D eigenvalue weighted by Crippen LogP contribution is 2.23. The average molecular weight is 446 g/mol. The zero-order valence-corrected chi connectivity index (χ0v) is 17.4. The van der Waals surface area contributed by atoms with Crippen molar-refractivity contribution in [1.82, 2.24) is 9.88 Å². The SMILES string of the molecule is O=C(c1cccc(Cl)c1)N(Cc1cccc(Cl)c1)Cc1nc2cc(Cl)ccc2o1. The van der Waals surface area contributed by atoms with E-state index in [0.29, 0.717) is 44.2 Å². The molecule has 0 atom stereocenters. The molecule has 0 saturated carbocycles. The van der Waals surface area contributed by atoms with E-state index in [0.717, 1.165) is 5.56 Å². The van der Waals surface area contributed by atoms with E-state index in [1.807, 2.05) is 18.2 Å². The smallest absolute Gasteiger partial charge is 0.254 e. The van der Waals surface area contributed by atoms with Crippen LogP contribution < -0.4 is 0 Å². The molecule has 0 bridgehead atoms. The van der Waals surface area contributed by atoms with Gasteiger partial charge in [0, 0.05) is 27.2 Å². The van der Waals surface area contributed by atoms with Gasteiger partial charge in [-0.3, -0.25) is 4.79 Å². The van der Waals surface area contributed by atoms with Crippen LogP contribution in [0.3, 0.4) is 0 Å². The minimum Gasteiger partial charge on any atom is -0.439 e. The summed E-state index contributed by atoms with van der Waals surface area (Å²) in [6, 6.07) is 19.4. The number of hydrogen-bond donors (Lipinski definition) is 0. The zero-order chi connectivity index (χ0) is 20.4. The van der Waals surface area contributed by atoms with Crippen molar-refractivity contribution in [2.24, 2.45) is 0 Å². The molecule has 0 fully saturated rings. The lowest BCUT2D eigenvalue weighted by Gasteiger charge is -2.21. The van der Waals surface area contributed by atoms with Crippen molar-refractivity contribution < 1.29 is 9.21 Å². The summed E-state index contributed by atoms with van der Waals surface area (Å²) in [5.74, 6) is 0.229. The van der Waals surface area contributed by atoms with Crippen LogP contribution in [0.2, 0.25) is 15.1 Å². The van der Waals surface area contributed by atoms with Crippen LogP contribution in [0.5, 0.6) is 0 Å². The number of carbonyl (C=O) groups excluding carboxylic acids is 1. The van der Waals surface area contributed by atoms with Gasteiger partial charge in [-0.15, -0.1) is 0 Å². The van der Waals surface area contributed by atoms with Gasteiger partial charge in [-0.05, 0) is 54.1 Å². The van der Waals surface area contributed by atoms with E-state index in [1.165, 1.54) is 0 Å². The first-order valence-electron chi connectivity index (χ1n) is 8.82. The van der Waals surface area contributed by atoms with E-state index < -0.39 is 0 Å². The van der Waals surface area contributed by atoms with Gasteiger partial charge in [-0.1, -0.05) is 53.0 Å². The van der Waals surface area contributed by atoms with Crippen LogP contribution in [-0.4, -0.2) is 15.8 Å². The Morgan fingerprint density at radius 3 is 2.34 bits per heavy atom. The topological polar surface area (TPSA) is 46.3 Å². The summed E-state index contributed by atoms with van der Waals surface area (Å²) in [6.07, 6.45) is 0. The van der Waals surface area contributed by atoms with Gasteiger partial charge in [0.25, 0.3) is 5.91 Å². The summed E-state index contributed by atoms with van der Waals surface area (Å²) >= 11 is 18.2. The van der Waals surface area contributed by atoms with Gasteiger partial charge in [-0.25, -0.2) is 4.98 Å². The highest BCUT2D eigenvalue weighted by molar-refractivity contribution is 6.31. The Hall–Kier alpha value is -2.53. The number of amides is 1. The van der Waals surface area contributed by atoms with Crippen LogP contribution in [0.4, 0.5) is 0 Å².